The standard InChI is InChI=1S/C11H18N2O3/c1-6(2)10(15)11(16)13-8-4-5-9(14)12-7(8)3/h6-8H,4-5H2,1-3H3,(H,12,14)(H,13,16). The van der Waals surface area contributed by atoms with E-state index in [1.54, 1.807) is 13.8 Å². The van der Waals surface area contributed by atoms with Crippen LogP contribution < -0.4 is 10.6 Å². The molecule has 2 atom stereocenters. The first-order chi connectivity index (χ1) is 7.41. The molecule has 0 aromatic heterocycles. The first-order valence-electron chi connectivity index (χ1n) is 5.56. The van der Waals surface area contributed by atoms with Crippen LogP contribution in [0.25, 0.3) is 0 Å². The smallest absolute Gasteiger partial charge is 0.287 e. The minimum absolute atomic E-state index is 0.00631. The molecule has 0 bridgehead atoms. The molecule has 0 radical (unpaired) electrons. The van der Waals surface area contributed by atoms with E-state index in [0.717, 1.165) is 0 Å². The van der Waals surface area contributed by atoms with Crippen molar-refractivity contribution in [3.05, 3.63) is 0 Å². The Bertz CT molecular complexity index is 312. The predicted molar refractivity (Wildman–Crippen MR) is 58.6 cm³/mol. The molecule has 1 heterocycles. The van der Waals surface area contributed by atoms with Gasteiger partial charge in [-0.05, 0) is 13.3 Å². The first kappa shape index (κ1) is 12.7. The van der Waals surface area contributed by atoms with E-state index >= 15 is 0 Å². The van der Waals surface area contributed by atoms with Gasteiger partial charge in [-0.3, -0.25) is 14.4 Å². The lowest BCUT2D eigenvalue weighted by Gasteiger charge is -2.30. The number of Topliss-reactive ketones (excluding diaryl/α,β-unsaturated/α-hetero) is 1. The highest BCUT2D eigenvalue weighted by atomic mass is 16.2. The average molecular weight is 226 g/mol. The monoisotopic (exact) mass is 226 g/mol. The highest BCUT2D eigenvalue weighted by molar-refractivity contribution is 6.36. The van der Waals surface area contributed by atoms with Gasteiger partial charge in [0.1, 0.15) is 0 Å². The lowest BCUT2D eigenvalue weighted by molar-refractivity contribution is -0.140. The van der Waals surface area contributed by atoms with Crippen LogP contribution in [0.3, 0.4) is 0 Å². The Labute approximate surface area is 95.0 Å². The maximum Gasteiger partial charge on any atom is 0.287 e. The van der Waals surface area contributed by atoms with Crippen LogP contribution in [-0.2, 0) is 14.4 Å². The quantitative estimate of drug-likeness (QED) is 0.665. The van der Waals surface area contributed by atoms with Crippen LogP contribution in [-0.4, -0.2) is 29.7 Å². The van der Waals surface area contributed by atoms with Crippen molar-refractivity contribution in [2.75, 3.05) is 0 Å². The van der Waals surface area contributed by atoms with Crippen LogP contribution in [0.5, 0.6) is 0 Å². The number of ketones is 1. The summed E-state index contributed by atoms with van der Waals surface area (Å²) < 4.78 is 0. The fourth-order valence-corrected chi connectivity index (χ4v) is 1.66. The van der Waals surface area contributed by atoms with E-state index in [1.165, 1.54) is 0 Å². The number of amides is 2. The highest BCUT2D eigenvalue weighted by Gasteiger charge is 2.28. The molecular weight excluding hydrogens is 208 g/mol. The van der Waals surface area contributed by atoms with Crippen molar-refractivity contribution in [3.63, 3.8) is 0 Å². The third-order valence-corrected chi connectivity index (χ3v) is 2.74. The second-order valence-corrected chi connectivity index (χ2v) is 4.49. The lowest BCUT2D eigenvalue weighted by atomic mass is 9.98. The van der Waals surface area contributed by atoms with Crippen molar-refractivity contribution >= 4 is 17.6 Å². The molecule has 1 fully saturated rings. The summed E-state index contributed by atoms with van der Waals surface area (Å²) in [4.78, 5) is 34.0. The fraction of sp³-hybridized carbons (Fsp3) is 0.727. The van der Waals surface area contributed by atoms with Crippen LogP contribution in [0.15, 0.2) is 0 Å². The second kappa shape index (κ2) is 5.09. The molecule has 1 aliphatic rings. The summed E-state index contributed by atoms with van der Waals surface area (Å²) in [6.45, 7) is 5.20. The second-order valence-electron chi connectivity index (χ2n) is 4.49. The number of piperidine rings is 1. The molecule has 0 spiro atoms. The first-order valence-corrected chi connectivity index (χ1v) is 5.56. The minimum Gasteiger partial charge on any atom is -0.352 e. The summed E-state index contributed by atoms with van der Waals surface area (Å²) in [6.07, 6.45) is 0.981. The minimum atomic E-state index is -0.553. The average Bonchev–Trinajstić information content (AvgIpc) is 2.20. The zero-order valence-corrected chi connectivity index (χ0v) is 9.87. The topological polar surface area (TPSA) is 75.3 Å². The Kier molecular flexibility index (Phi) is 4.04. The number of hydrogen-bond donors (Lipinski definition) is 2. The molecule has 0 aliphatic carbocycles. The third kappa shape index (κ3) is 3.05. The van der Waals surface area contributed by atoms with Crippen molar-refractivity contribution < 1.29 is 14.4 Å². The third-order valence-electron chi connectivity index (χ3n) is 2.74. The van der Waals surface area contributed by atoms with Gasteiger partial charge in [-0.2, -0.15) is 0 Å². The van der Waals surface area contributed by atoms with Crippen molar-refractivity contribution in [2.24, 2.45) is 5.92 Å². The molecule has 0 aromatic carbocycles. The van der Waals surface area contributed by atoms with E-state index in [0.29, 0.717) is 12.8 Å². The van der Waals surface area contributed by atoms with E-state index in [-0.39, 0.29) is 23.9 Å². The maximum atomic E-state index is 11.5. The molecule has 1 rings (SSSR count). The van der Waals surface area contributed by atoms with Crippen LogP contribution in [0, 0.1) is 5.92 Å². The van der Waals surface area contributed by atoms with Gasteiger partial charge in [0.25, 0.3) is 5.91 Å². The number of carbonyl (C=O) groups excluding carboxylic acids is 3. The Balaban J connectivity index is 2.51. The van der Waals surface area contributed by atoms with Crippen LogP contribution >= 0.6 is 0 Å². The molecule has 2 N–H and O–H groups in total. The predicted octanol–water partition coefficient (Wildman–Crippen LogP) is -0.00520. The molecule has 1 aliphatic heterocycles. The highest BCUT2D eigenvalue weighted by Crippen LogP contribution is 2.09. The molecule has 16 heavy (non-hydrogen) atoms. The molecule has 0 saturated carbocycles. The number of carbonyl (C=O) groups is 3. The molecular formula is C11H18N2O3. The Hall–Kier alpha value is -1.39. The van der Waals surface area contributed by atoms with Gasteiger partial charge in [0.05, 0.1) is 0 Å². The summed E-state index contributed by atoms with van der Waals surface area (Å²) in [6, 6.07) is -0.266. The Morgan fingerprint density at radius 2 is 2.06 bits per heavy atom. The van der Waals surface area contributed by atoms with Crippen molar-refractivity contribution in [1.29, 1.82) is 0 Å². The Morgan fingerprint density at radius 3 is 2.56 bits per heavy atom. The van der Waals surface area contributed by atoms with Gasteiger partial charge in [0.15, 0.2) is 0 Å². The van der Waals surface area contributed by atoms with Gasteiger partial charge in [0.2, 0.25) is 11.7 Å². The lowest BCUT2D eigenvalue weighted by Crippen LogP contribution is -2.55. The van der Waals surface area contributed by atoms with E-state index in [4.69, 9.17) is 0 Å². The molecule has 90 valence electrons. The van der Waals surface area contributed by atoms with E-state index in [9.17, 15) is 14.4 Å². The number of rotatable bonds is 3. The summed E-state index contributed by atoms with van der Waals surface area (Å²) >= 11 is 0. The molecule has 2 unspecified atom stereocenters. The van der Waals surface area contributed by atoms with Gasteiger partial charge in [-0.1, -0.05) is 13.8 Å². The molecule has 5 heteroatoms. The van der Waals surface area contributed by atoms with Crippen LogP contribution in [0.1, 0.15) is 33.6 Å². The molecule has 5 nitrogen and oxygen atoms in total. The SMILES string of the molecule is CC(C)C(=O)C(=O)NC1CCC(=O)NC1C. The normalized spacial score (nSPS) is 25.1. The van der Waals surface area contributed by atoms with Gasteiger partial charge in [0, 0.05) is 24.4 Å². The molecule has 1 saturated heterocycles. The van der Waals surface area contributed by atoms with Gasteiger partial charge in [-0.25, -0.2) is 0 Å². The van der Waals surface area contributed by atoms with Gasteiger partial charge >= 0.3 is 0 Å². The van der Waals surface area contributed by atoms with Gasteiger partial charge in [-0.15, -0.1) is 0 Å². The number of nitrogens with one attached hydrogen (secondary N) is 2. The summed E-state index contributed by atoms with van der Waals surface area (Å²) in [5, 5.41) is 5.40. The van der Waals surface area contributed by atoms with Crippen molar-refractivity contribution in [2.45, 2.75) is 45.7 Å². The fourth-order valence-electron chi connectivity index (χ4n) is 1.66. The molecule has 0 aromatic rings. The number of hydrogen-bond acceptors (Lipinski definition) is 3. The van der Waals surface area contributed by atoms with Crippen LogP contribution in [0.2, 0.25) is 0 Å². The van der Waals surface area contributed by atoms with Crippen molar-refractivity contribution in [3.8, 4) is 0 Å². The maximum absolute atomic E-state index is 11.5. The summed E-state index contributed by atoms with van der Waals surface area (Å²) in [5.41, 5.74) is 0. The van der Waals surface area contributed by atoms with Crippen LogP contribution in [0.4, 0.5) is 0 Å². The van der Waals surface area contributed by atoms with E-state index in [1.807, 2.05) is 6.92 Å². The van der Waals surface area contributed by atoms with E-state index < -0.39 is 11.7 Å². The zero-order valence-electron chi connectivity index (χ0n) is 9.87. The van der Waals surface area contributed by atoms with E-state index in [2.05, 4.69) is 10.6 Å². The Morgan fingerprint density at radius 1 is 1.44 bits per heavy atom. The summed E-state index contributed by atoms with van der Waals surface area (Å²) in [7, 11) is 0. The van der Waals surface area contributed by atoms with Gasteiger partial charge < -0.3 is 10.6 Å². The largest absolute Gasteiger partial charge is 0.352 e. The summed E-state index contributed by atoms with van der Waals surface area (Å²) in [5.74, 6) is -1.27. The zero-order chi connectivity index (χ0) is 12.3. The molecule has 2 amide bonds. The van der Waals surface area contributed by atoms with Crippen molar-refractivity contribution in [1.82, 2.24) is 10.6 Å².